The molecule has 5 aromatic rings. The molecule has 1 amide bonds. The first-order chi connectivity index (χ1) is 20.2. The van der Waals surface area contributed by atoms with Crippen molar-refractivity contribution in [2.45, 2.75) is 18.6 Å². The van der Waals surface area contributed by atoms with Crippen molar-refractivity contribution in [2.24, 2.45) is 0 Å². The van der Waals surface area contributed by atoms with Gasteiger partial charge in [-0.2, -0.15) is 0 Å². The van der Waals surface area contributed by atoms with Crippen molar-refractivity contribution in [2.75, 3.05) is 16.8 Å². The Morgan fingerprint density at radius 1 is 0.878 bits per heavy atom. The zero-order valence-corrected chi connectivity index (χ0v) is 22.9. The summed E-state index contributed by atoms with van der Waals surface area (Å²) in [7, 11) is 0. The molecule has 2 atom stereocenters. The third-order valence-electron chi connectivity index (χ3n) is 6.87. The van der Waals surface area contributed by atoms with E-state index in [0.29, 0.717) is 23.1 Å². The zero-order valence-electron chi connectivity index (χ0n) is 22.1. The number of amides is 1. The monoisotopic (exact) mass is 560 g/mol. The number of aromatic nitrogens is 3. The Kier molecular flexibility index (Phi) is 7.68. The number of pyridine rings is 2. The third-order valence-corrected chi connectivity index (χ3v) is 7.18. The normalized spacial score (nSPS) is 16.3. The van der Waals surface area contributed by atoms with E-state index in [9.17, 15) is 4.79 Å². The summed E-state index contributed by atoms with van der Waals surface area (Å²) in [6, 6.07) is 32.6. The second kappa shape index (κ2) is 12.0. The minimum Gasteiger partial charge on any atom is -0.484 e. The number of para-hydroxylation sites is 1. The molecule has 1 fully saturated rings. The Morgan fingerprint density at radius 3 is 2.37 bits per heavy atom. The van der Waals surface area contributed by atoms with E-state index in [1.165, 1.54) is 0 Å². The summed E-state index contributed by atoms with van der Waals surface area (Å²) in [6.07, 6.45) is 5.67. The fraction of sp³-hybridized carbons (Fsp3) is 0.125. The molecule has 2 aromatic carbocycles. The van der Waals surface area contributed by atoms with Crippen molar-refractivity contribution in [3.8, 4) is 5.75 Å². The Labute approximate surface area is 243 Å². The molecule has 8 nitrogen and oxygen atoms in total. The Balaban J connectivity index is 1.25. The van der Waals surface area contributed by atoms with E-state index in [2.05, 4.69) is 42.3 Å². The first-order valence-corrected chi connectivity index (χ1v) is 13.7. The highest BCUT2D eigenvalue weighted by Crippen LogP contribution is 2.42. The van der Waals surface area contributed by atoms with Crippen LogP contribution in [0.15, 0.2) is 122 Å². The molecule has 1 aliphatic rings. The quantitative estimate of drug-likeness (QED) is 0.230. The summed E-state index contributed by atoms with van der Waals surface area (Å²) >= 11 is 5.89. The molecule has 41 heavy (non-hydrogen) atoms. The fourth-order valence-electron chi connectivity index (χ4n) is 5.01. The molecule has 0 spiro atoms. The molecule has 0 unspecified atom stereocenters. The minimum absolute atomic E-state index is 0.0764. The van der Waals surface area contributed by atoms with Crippen LogP contribution in [0.1, 0.15) is 29.2 Å². The second-order valence-corrected chi connectivity index (χ2v) is 9.96. The van der Waals surface area contributed by atoms with E-state index < -0.39 is 0 Å². The summed E-state index contributed by atoms with van der Waals surface area (Å²) in [6.45, 7) is 0.554. The predicted molar refractivity (Wildman–Crippen MR) is 163 cm³/mol. The van der Waals surface area contributed by atoms with Gasteiger partial charge in [-0.15, -0.1) is 0 Å². The van der Waals surface area contributed by atoms with Crippen molar-refractivity contribution in [1.82, 2.24) is 19.9 Å². The molecule has 1 saturated heterocycles. The number of nitrogens with zero attached hydrogens (tertiary/aromatic N) is 4. The van der Waals surface area contributed by atoms with E-state index in [1.807, 2.05) is 103 Å². The topological polar surface area (TPSA) is 84.3 Å². The number of benzene rings is 2. The van der Waals surface area contributed by atoms with Crippen LogP contribution in [0.25, 0.3) is 0 Å². The van der Waals surface area contributed by atoms with Crippen molar-refractivity contribution < 1.29 is 9.53 Å². The average Bonchev–Trinajstić information content (AvgIpc) is 3.61. The van der Waals surface area contributed by atoms with Gasteiger partial charge >= 0.3 is 0 Å². The van der Waals surface area contributed by atoms with Crippen LogP contribution in [0.5, 0.6) is 5.75 Å². The predicted octanol–water partition coefficient (Wildman–Crippen LogP) is 5.52. The van der Waals surface area contributed by atoms with Crippen LogP contribution in [0.4, 0.5) is 11.4 Å². The maximum atomic E-state index is 12.5. The molecule has 9 heteroatoms. The maximum Gasteiger partial charge on any atom is 0.262 e. The Hall–Kier alpha value is -5.02. The first-order valence-electron chi connectivity index (χ1n) is 13.3. The molecule has 2 N–H and O–H groups in total. The molecule has 0 aliphatic carbocycles. The number of anilines is 2. The largest absolute Gasteiger partial charge is 0.484 e. The van der Waals surface area contributed by atoms with Gasteiger partial charge in [0.2, 0.25) is 0 Å². The van der Waals surface area contributed by atoms with Crippen molar-refractivity contribution in [3.05, 3.63) is 139 Å². The lowest BCUT2D eigenvalue weighted by molar-refractivity contribution is -0.118. The standard InChI is InChI=1S/C32H28N6O2S/c39-29(22-40-26-10-2-1-3-11-26)35-23-14-16-25(17-15-23)38-31(30(36-32(38)41)27-12-5-7-19-34-27)28-13-8-20-37(28)21-24-9-4-6-18-33-24/h1-20,30-31H,21-22H2,(H,35,39)(H,36,41)/t30-,31-/m0/s1. The molecule has 204 valence electrons. The number of nitrogens with one attached hydrogen (secondary N) is 2. The van der Waals surface area contributed by atoms with Crippen molar-refractivity contribution in [3.63, 3.8) is 0 Å². The molecule has 4 heterocycles. The van der Waals surface area contributed by atoms with Gasteiger partial charge in [0.25, 0.3) is 5.91 Å². The number of rotatable bonds is 9. The summed E-state index contributed by atoms with van der Waals surface area (Å²) in [5, 5.41) is 7.01. The smallest absolute Gasteiger partial charge is 0.262 e. The lowest BCUT2D eigenvalue weighted by Crippen LogP contribution is -2.30. The van der Waals surface area contributed by atoms with Gasteiger partial charge in [0.1, 0.15) is 11.8 Å². The molecule has 0 saturated carbocycles. The van der Waals surface area contributed by atoms with E-state index >= 15 is 0 Å². The number of carbonyl (C=O) groups is 1. The van der Waals surface area contributed by atoms with Gasteiger partial charge < -0.3 is 24.8 Å². The summed E-state index contributed by atoms with van der Waals surface area (Å²) in [5.74, 6) is 0.412. The number of thiocarbonyl (C=S) groups is 1. The van der Waals surface area contributed by atoms with Gasteiger partial charge in [0.15, 0.2) is 11.7 Å². The van der Waals surface area contributed by atoms with Crippen LogP contribution in [-0.4, -0.2) is 32.2 Å². The van der Waals surface area contributed by atoms with Crippen molar-refractivity contribution >= 4 is 34.6 Å². The maximum absolute atomic E-state index is 12.5. The molecule has 0 bridgehead atoms. The second-order valence-electron chi connectivity index (χ2n) is 9.58. The first kappa shape index (κ1) is 26.2. The van der Waals surface area contributed by atoms with E-state index in [-0.39, 0.29) is 24.6 Å². The molecule has 6 rings (SSSR count). The number of hydrogen-bond donors (Lipinski definition) is 2. The lowest BCUT2D eigenvalue weighted by atomic mass is 10.0. The van der Waals surface area contributed by atoms with Crippen LogP contribution in [-0.2, 0) is 11.3 Å². The van der Waals surface area contributed by atoms with Gasteiger partial charge in [-0.1, -0.05) is 30.3 Å². The highest BCUT2D eigenvalue weighted by molar-refractivity contribution is 7.80. The highest BCUT2D eigenvalue weighted by Gasteiger charge is 2.42. The van der Waals surface area contributed by atoms with Crippen LogP contribution in [0.3, 0.4) is 0 Å². The summed E-state index contributed by atoms with van der Waals surface area (Å²) in [4.78, 5) is 23.8. The molecule has 1 aliphatic heterocycles. The minimum atomic E-state index is -0.236. The van der Waals surface area contributed by atoms with Gasteiger partial charge in [-0.05, 0) is 85.0 Å². The van der Waals surface area contributed by atoms with Crippen LogP contribution in [0.2, 0.25) is 0 Å². The van der Waals surface area contributed by atoms with E-state index in [4.69, 9.17) is 17.0 Å². The van der Waals surface area contributed by atoms with Crippen LogP contribution < -0.4 is 20.3 Å². The molecular formula is C32H28N6O2S. The lowest BCUT2D eigenvalue weighted by Gasteiger charge is -2.29. The van der Waals surface area contributed by atoms with Crippen LogP contribution in [0, 0.1) is 0 Å². The third kappa shape index (κ3) is 5.95. The number of hydrogen-bond acceptors (Lipinski definition) is 5. The SMILES string of the molecule is O=C(COc1ccccc1)Nc1ccc(N2C(=S)N[C@@H](c3ccccn3)[C@@H]2c2cccn2Cc2ccccn2)cc1. The van der Waals surface area contributed by atoms with Gasteiger partial charge in [0, 0.05) is 35.7 Å². The molecule has 0 radical (unpaired) electrons. The highest BCUT2D eigenvalue weighted by atomic mass is 32.1. The van der Waals surface area contributed by atoms with E-state index in [1.54, 1.807) is 6.20 Å². The Morgan fingerprint density at radius 2 is 1.63 bits per heavy atom. The summed E-state index contributed by atoms with van der Waals surface area (Å²) in [5.41, 5.74) is 4.51. The van der Waals surface area contributed by atoms with Crippen LogP contribution >= 0.6 is 12.2 Å². The fourth-order valence-corrected chi connectivity index (χ4v) is 5.35. The van der Waals surface area contributed by atoms with Crippen molar-refractivity contribution in [1.29, 1.82) is 0 Å². The van der Waals surface area contributed by atoms with Gasteiger partial charge in [-0.25, -0.2) is 0 Å². The Bertz CT molecular complexity index is 1610. The molecular weight excluding hydrogens is 532 g/mol. The molecule has 3 aromatic heterocycles. The number of carbonyl (C=O) groups excluding carboxylic acids is 1. The zero-order chi connectivity index (χ0) is 28.0. The van der Waals surface area contributed by atoms with Gasteiger partial charge in [-0.3, -0.25) is 14.8 Å². The summed E-state index contributed by atoms with van der Waals surface area (Å²) < 4.78 is 7.77. The van der Waals surface area contributed by atoms with Gasteiger partial charge in [0.05, 0.1) is 24.0 Å². The number of ether oxygens (including phenoxy) is 1. The van der Waals surface area contributed by atoms with E-state index in [0.717, 1.165) is 22.8 Å². The average molecular weight is 561 g/mol.